The summed E-state index contributed by atoms with van der Waals surface area (Å²) < 4.78 is 5.39. The normalized spacial score (nSPS) is 27.9. The van der Waals surface area contributed by atoms with Crippen molar-refractivity contribution in [3.8, 4) is 0 Å². The lowest BCUT2D eigenvalue weighted by Gasteiger charge is -2.37. The van der Waals surface area contributed by atoms with Crippen LogP contribution in [0.3, 0.4) is 0 Å². The number of hydrogen-bond acceptors (Lipinski definition) is 3. The van der Waals surface area contributed by atoms with E-state index in [1.54, 1.807) is 19.0 Å². The fourth-order valence-corrected chi connectivity index (χ4v) is 1.78. The standard InChI is InChI=1S/C11H18N2O3/c1-11(5-6-11)9(14)16-8-4-7-12(2)10(15)13(8)3/h8H,4-7H2,1-3H3. The summed E-state index contributed by atoms with van der Waals surface area (Å²) in [6, 6.07) is -0.0926. The predicted molar refractivity (Wildman–Crippen MR) is 57.6 cm³/mol. The van der Waals surface area contributed by atoms with Crippen LogP contribution in [0.1, 0.15) is 26.2 Å². The van der Waals surface area contributed by atoms with Crippen molar-refractivity contribution < 1.29 is 14.3 Å². The Morgan fingerprint density at radius 1 is 1.44 bits per heavy atom. The highest BCUT2D eigenvalue weighted by Gasteiger charge is 2.48. The first-order chi connectivity index (χ1) is 7.44. The van der Waals surface area contributed by atoms with E-state index in [0.29, 0.717) is 13.0 Å². The number of carbonyl (C=O) groups excluding carboxylic acids is 2. The Labute approximate surface area is 95.3 Å². The molecule has 1 atom stereocenters. The number of amides is 2. The molecule has 1 saturated heterocycles. The molecule has 0 aromatic rings. The number of nitrogens with zero attached hydrogens (tertiary/aromatic N) is 2. The summed E-state index contributed by atoms with van der Waals surface area (Å²) in [7, 11) is 3.42. The van der Waals surface area contributed by atoms with Crippen molar-refractivity contribution >= 4 is 12.0 Å². The molecule has 0 bridgehead atoms. The molecule has 2 rings (SSSR count). The molecule has 16 heavy (non-hydrogen) atoms. The van der Waals surface area contributed by atoms with Crippen LogP contribution in [0.5, 0.6) is 0 Å². The number of rotatable bonds is 2. The van der Waals surface area contributed by atoms with Crippen molar-refractivity contribution in [1.29, 1.82) is 0 Å². The molecular formula is C11H18N2O3. The molecule has 1 saturated carbocycles. The number of ether oxygens (including phenoxy) is 1. The number of carbonyl (C=O) groups is 2. The number of esters is 1. The van der Waals surface area contributed by atoms with Gasteiger partial charge >= 0.3 is 12.0 Å². The van der Waals surface area contributed by atoms with Crippen molar-refractivity contribution in [3.05, 3.63) is 0 Å². The molecule has 5 nitrogen and oxygen atoms in total. The van der Waals surface area contributed by atoms with Gasteiger partial charge in [-0.05, 0) is 19.8 Å². The van der Waals surface area contributed by atoms with E-state index in [9.17, 15) is 9.59 Å². The monoisotopic (exact) mass is 226 g/mol. The Morgan fingerprint density at radius 3 is 2.62 bits per heavy atom. The van der Waals surface area contributed by atoms with E-state index in [1.807, 2.05) is 6.92 Å². The largest absolute Gasteiger partial charge is 0.441 e. The van der Waals surface area contributed by atoms with Gasteiger partial charge in [0.25, 0.3) is 0 Å². The second-order valence-electron chi connectivity index (χ2n) is 5.02. The van der Waals surface area contributed by atoms with Crippen LogP contribution in [-0.4, -0.2) is 48.7 Å². The maximum atomic E-state index is 11.8. The van der Waals surface area contributed by atoms with E-state index in [4.69, 9.17) is 4.74 Å². The van der Waals surface area contributed by atoms with Crippen molar-refractivity contribution in [2.45, 2.75) is 32.4 Å². The minimum atomic E-state index is -0.395. The van der Waals surface area contributed by atoms with Gasteiger partial charge in [0.1, 0.15) is 0 Å². The molecule has 90 valence electrons. The molecule has 1 unspecified atom stereocenters. The predicted octanol–water partition coefficient (Wildman–Crippen LogP) is 1.04. The van der Waals surface area contributed by atoms with Gasteiger partial charge in [-0.3, -0.25) is 9.69 Å². The van der Waals surface area contributed by atoms with Crippen LogP contribution in [0, 0.1) is 5.41 Å². The molecule has 1 aliphatic carbocycles. The van der Waals surface area contributed by atoms with Gasteiger partial charge in [-0.1, -0.05) is 0 Å². The van der Waals surface area contributed by atoms with Crippen molar-refractivity contribution in [2.75, 3.05) is 20.6 Å². The average Bonchev–Trinajstić information content (AvgIpc) is 2.99. The van der Waals surface area contributed by atoms with Crippen LogP contribution in [0.25, 0.3) is 0 Å². The molecule has 0 N–H and O–H groups in total. The van der Waals surface area contributed by atoms with Gasteiger partial charge in [-0.2, -0.15) is 0 Å². The lowest BCUT2D eigenvalue weighted by molar-refractivity contribution is -0.164. The van der Waals surface area contributed by atoms with Crippen LogP contribution in [-0.2, 0) is 9.53 Å². The first-order valence-electron chi connectivity index (χ1n) is 5.63. The molecule has 0 spiro atoms. The summed E-state index contributed by atoms with van der Waals surface area (Å²) in [4.78, 5) is 26.5. The molecule has 2 amide bonds. The quantitative estimate of drug-likeness (QED) is 0.661. The van der Waals surface area contributed by atoms with Gasteiger partial charge in [0.2, 0.25) is 0 Å². The molecular weight excluding hydrogens is 208 g/mol. The van der Waals surface area contributed by atoms with Crippen LogP contribution in [0.15, 0.2) is 0 Å². The summed E-state index contributed by atoms with van der Waals surface area (Å²) in [5, 5.41) is 0. The van der Waals surface area contributed by atoms with Gasteiger partial charge in [0.05, 0.1) is 5.41 Å². The Hall–Kier alpha value is -1.26. The third-order valence-electron chi connectivity index (χ3n) is 3.51. The van der Waals surface area contributed by atoms with E-state index in [1.165, 1.54) is 4.90 Å². The highest BCUT2D eigenvalue weighted by atomic mass is 16.6. The lowest BCUT2D eigenvalue weighted by atomic mass is 10.1. The summed E-state index contributed by atoms with van der Waals surface area (Å²) in [6.45, 7) is 2.55. The van der Waals surface area contributed by atoms with E-state index >= 15 is 0 Å². The first-order valence-corrected chi connectivity index (χ1v) is 5.63. The fourth-order valence-electron chi connectivity index (χ4n) is 1.78. The third kappa shape index (κ3) is 1.86. The fraction of sp³-hybridized carbons (Fsp3) is 0.818. The smallest absolute Gasteiger partial charge is 0.322 e. The van der Waals surface area contributed by atoms with Crippen molar-refractivity contribution in [1.82, 2.24) is 9.80 Å². The molecule has 5 heteroatoms. The summed E-state index contributed by atoms with van der Waals surface area (Å²) in [5.41, 5.74) is -0.284. The highest BCUT2D eigenvalue weighted by Crippen LogP contribution is 2.46. The summed E-state index contributed by atoms with van der Waals surface area (Å²) in [5.74, 6) is -0.165. The SMILES string of the molecule is CN1CCC(OC(=O)C2(C)CC2)N(C)C1=O. The van der Waals surface area contributed by atoms with E-state index in [-0.39, 0.29) is 17.4 Å². The highest BCUT2D eigenvalue weighted by molar-refractivity contribution is 5.80. The lowest BCUT2D eigenvalue weighted by Crippen LogP contribution is -2.52. The third-order valence-corrected chi connectivity index (χ3v) is 3.51. The second kappa shape index (κ2) is 3.64. The number of hydrogen-bond donors (Lipinski definition) is 0. The average molecular weight is 226 g/mol. The van der Waals surface area contributed by atoms with Gasteiger partial charge in [-0.15, -0.1) is 0 Å². The Balaban J connectivity index is 1.95. The maximum absolute atomic E-state index is 11.8. The molecule has 2 fully saturated rings. The van der Waals surface area contributed by atoms with Gasteiger partial charge in [-0.25, -0.2) is 4.79 Å². The zero-order valence-corrected chi connectivity index (χ0v) is 10.0. The second-order valence-corrected chi connectivity index (χ2v) is 5.02. The van der Waals surface area contributed by atoms with Crippen molar-refractivity contribution in [2.24, 2.45) is 5.41 Å². The molecule has 1 aliphatic heterocycles. The van der Waals surface area contributed by atoms with E-state index in [0.717, 1.165) is 12.8 Å². The van der Waals surface area contributed by atoms with Crippen LogP contribution in [0.4, 0.5) is 4.79 Å². The van der Waals surface area contributed by atoms with Gasteiger partial charge in [0, 0.05) is 27.1 Å². The minimum Gasteiger partial charge on any atom is -0.441 e. The maximum Gasteiger partial charge on any atom is 0.322 e. The zero-order chi connectivity index (χ0) is 11.9. The molecule has 0 aromatic carbocycles. The zero-order valence-electron chi connectivity index (χ0n) is 10.0. The first kappa shape index (κ1) is 11.2. The minimum absolute atomic E-state index is 0.0926. The Bertz CT molecular complexity index is 325. The van der Waals surface area contributed by atoms with E-state index < -0.39 is 6.23 Å². The summed E-state index contributed by atoms with van der Waals surface area (Å²) in [6.07, 6.45) is 2.08. The topological polar surface area (TPSA) is 49.9 Å². The van der Waals surface area contributed by atoms with Crippen LogP contribution in [0.2, 0.25) is 0 Å². The van der Waals surface area contributed by atoms with Gasteiger partial charge < -0.3 is 9.64 Å². The van der Waals surface area contributed by atoms with Crippen LogP contribution >= 0.6 is 0 Å². The molecule has 0 radical (unpaired) electrons. The van der Waals surface area contributed by atoms with Crippen LogP contribution < -0.4 is 0 Å². The number of urea groups is 1. The Kier molecular flexibility index (Phi) is 2.56. The Morgan fingerprint density at radius 2 is 2.06 bits per heavy atom. The molecule has 2 aliphatic rings. The van der Waals surface area contributed by atoms with Crippen molar-refractivity contribution in [3.63, 3.8) is 0 Å². The molecule has 0 aromatic heterocycles. The molecule has 1 heterocycles. The summed E-state index contributed by atoms with van der Waals surface area (Å²) >= 11 is 0. The van der Waals surface area contributed by atoms with E-state index in [2.05, 4.69) is 0 Å². The van der Waals surface area contributed by atoms with Gasteiger partial charge in [0.15, 0.2) is 6.23 Å².